The van der Waals surface area contributed by atoms with Crippen molar-refractivity contribution in [3.8, 4) is 0 Å². The number of hydrogen-bond acceptors (Lipinski definition) is 3. The Bertz CT molecular complexity index is 299. The zero-order chi connectivity index (χ0) is 10.0. The lowest BCUT2D eigenvalue weighted by molar-refractivity contribution is 0.741. The molecule has 72 valence electrons. The van der Waals surface area contributed by atoms with E-state index in [9.17, 15) is 0 Å². The Labute approximate surface area is 87.1 Å². The molecule has 0 fully saturated rings. The first-order valence-corrected chi connectivity index (χ1v) is 4.95. The lowest BCUT2D eigenvalue weighted by Crippen LogP contribution is -2.26. The van der Waals surface area contributed by atoms with Gasteiger partial charge in [0.05, 0.1) is 16.4 Å². The van der Waals surface area contributed by atoms with Crippen LogP contribution in [-0.4, -0.2) is 18.1 Å². The van der Waals surface area contributed by atoms with Gasteiger partial charge >= 0.3 is 0 Å². The second-order valence-electron chi connectivity index (χ2n) is 3.28. The van der Waals surface area contributed by atoms with E-state index in [1.165, 1.54) is 0 Å². The fourth-order valence-electron chi connectivity index (χ4n) is 0.950. The number of nitrogen functional groups attached to an aromatic ring is 1. The van der Waals surface area contributed by atoms with E-state index in [1.807, 2.05) is 13.1 Å². The van der Waals surface area contributed by atoms with E-state index >= 15 is 0 Å². The van der Waals surface area contributed by atoms with Gasteiger partial charge < -0.3 is 10.6 Å². The molecule has 0 saturated carbocycles. The smallest absolute Gasteiger partial charge is 0.142 e. The molecular weight excluding hydrogens is 230 g/mol. The molecule has 3 nitrogen and oxygen atoms in total. The fourth-order valence-corrected chi connectivity index (χ4v) is 1.60. The zero-order valence-electron chi connectivity index (χ0n) is 8.08. The monoisotopic (exact) mass is 243 g/mol. The highest BCUT2D eigenvalue weighted by Crippen LogP contribution is 2.25. The molecule has 0 aromatic carbocycles. The summed E-state index contributed by atoms with van der Waals surface area (Å²) in [7, 11) is 2.01. The molecule has 13 heavy (non-hydrogen) atoms. The summed E-state index contributed by atoms with van der Waals surface area (Å²) >= 11 is 3.43. The Balaban J connectivity index is 3.01. The van der Waals surface area contributed by atoms with E-state index in [1.54, 1.807) is 6.20 Å². The van der Waals surface area contributed by atoms with Gasteiger partial charge in [-0.15, -0.1) is 0 Å². The summed E-state index contributed by atoms with van der Waals surface area (Å²) in [6.07, 6.45) is 1.67. The summed E-state index contributed by atoms with van der Waals surface area (Å²) in [6.45, 7) is 4.23. The molecule has 4 heteroatoms. The van der Waals surface area contributed by atoms with Gasteiger partial charge in [0.15, 0.2) is 0 Å². The molecule has 1 heterocycles. The van der Waals surface area contributed by atoms with Gasteiger partial charge in [-0.25, -0.2) is 4.98 Å². The quantitative estimate of drug-likeness (QED) is 0.867. The molecular formula is C9H14BrN3. The van der Waals surface area contributed by atoms with E-state index in [4.69, 9.17) is 5.73 Å². The van der Waals surface area contributed by atoms with E-state index in [2.05, 4.69) is 39.7 Å². The normalized spacial score (nSPS) is 10.5. The summed E-state index contributed by atoms with van der Waals surface area (Å²) in [4.78, 5) is 6.34. The number of aromatic nitrogens is 1. The van der Waals surface area contributed by atoms with Crippen LogP contribution in [0.3, 0.4) is 0 Å². The molecule has 1 rings (SSSR count). The van der Waals surface area contributed by atoms with Crippen molar-refractivity contribution in [1.82, 2.24) is 4.98 Å². The number of nitrogens with zero attached hydrogens (tertiary/aromatic N) is 2. The molecule has 0 saturated heterocycles. The molecule has 0 bridgehead atoms. The number of halogens is 1. The van der Waals surface area contributed by atoms with Crippen LogP contribution in [0, 0.1) is 0 Å². The van der Waals surface area contributed by atoms with E-state index in [-0.39, 0.29) is 0 Å². The van der Waals surface area contributed by atoms with Gasteiger partial charge in [-0.1, -0.05) is 0 Å². The SMILES string of the molecule is CC(C)N(C)c1ncc(N)cc1Br. The summed E-state index contributed by atoms with van der Waals surface area (Å²) < 4.78 is 0.934. The Morgan fingerprint density at radius 1 is 1.54 bits per heavy atom. The maximum atomic E-state index is 5.59. The third-order valence-corrected chi connectivity index (χ3v) is 2.54. The van der Waals surface area contributed by atoms with Crippen LogP contribution < -0.4 is 10.6 Å². The van der Waals surface area contributed by atoms with Crippen molar-refractivity contribution in [2.75, 3.05) is 17.7 Å². The minimum atomic E-state index is 0.424. The number of hydrogen-bond donors (Lipinski definition) is 1. The van der Waals surface area contributed by atoms with Crippen molar-refractivity contribution < 1.29 is 0 Å². The number of pyridine rings is 1. The second kappa shape index (κ2) is 3.96. The molecule has 0 unspecified atom stereocenters. The first kappa shape index (κ1) is 10.3. The Kier molecular flexibility index (Phi) is 3.14. The average Bonchev–Trinajstić information content (AvgIpc) is 2.03. The number of nitrogens with two attached hydrogens (primary N) is 1. The maximum Gasteiger partial charge on any atom is 0.142 e. The van der Waals surface area contributed by atoms with Gasteiger partial charge in [-0.2, -0.15) is 0 Å². The van der Waals surface area contributed by atoms with E-state index in [0.29, 0.717) is 11.7 Å². The summed E-state index contributed by atoms with van der Waals surface area (Å²) in [5, 5.41) is 0. The molecule has 0 atom stereocenters. The van der Waals surface area contributed by atoms with Gasteiger partial charge in [0, 0.05) is 13.1 Å². The standard InChI is InChI=1S/C9H14BrN3/c1-6(2)13(3)9-8(10)4-7(11)5-12-9/h4-6H,11H2,1-3H3. The van der Waals surface area contributed by atoms with Gasteiger partial charge in [-0.3, -0.25) is 0 Å². The molecule has 0 aliphatic carbocycles. The van der Waals surface area contributed by atoms with Crippen molar-refractivity contribution in [2.24, 2.45) is 0 Å². The fraction of sp³-hybridized carbons (Fsp3) is 0.444. The van der Waals surface area contributed by atoms with Crippen LogP contribution in [0.5, 0.6) is 0 Å². The third-order valence-electron chi connectivity index (χ3n) is 1.95. The first-order chi connectivity index (χ1) is 6.02. The topological polar surface area (TPSA) is 42.2 Å². The van der Waals surface area contributed by atoms with E-state index in [0.717, 1.165) is 10.3 Å². The molecule has 1 aromatic heterocycles. The molecule has 0 radical (unpaired) electrons. The number of anilines is 2. The second-order valence-corrected chi connectivity index (χ2v) is 4.13. The predicted octanol–water partition coefficient (Wildman–Crippen LogP) is 2.27. The zero-order valence-corrected chi connectivity index (χ0v) is 9.67. The van der Waals surface area contributed by atoms with Gasteiger partial charge in [0.1, 0.15) is 5.82 Å². The van der Waals surface area contributed by atoms with Gasteiger partial charge in [-0.05, 0) is 35.8 Å². The van der Waals surface area contributed by atoms with Crippen molar-refractivity contribution in [3.05, 3.63) is 16.7 Å². The lowest BCUT2D eigenvalue weighted by atomic mass is 10.3. The minimum absolute atomic E-state index is 0.424. The molecule has 0 spiro atoms. The summed E-state index contributed by atoms with van der Waals surface area (Å²) in [6, 6.07) is 2.29. The van der Waals surface area contributed by atoms with Crippen LogP contribution >= 0.6 is 15.9 Å². The molecule has 1 aromatic rings. The summed E-state index contributed by atoms with van der Waals surface area (Å²) in [5.74, 6) is 0.921. The van der Waals surface area contributed by atoms with Crippen molar-refractivity contribution >= 4 is 27.4 Å². The molecule has 0 aliphatic heterocycles. The number of rotatable bonds is 2. The molecule has 0 aliphatic rings. The van der Waals surface area contributed by atoms with Crippen molar-refractivity contribution in [3.63, 3.8) is 0 Å². The van der Waals surface area contributed by atoms with Crippen LogP contribution in [0.15, 0.2) is 16.7 Å². The third kappa shape index (κ3) is 2.34. The predicted molar refractivity (Wildman–Crippen MR) is 59.9 cm³/mol. The largest absolute Gasteiger partial charge is 0.397 e. The van der Waals surface area contributed by atoms with Crippen LogP contribution in [-0.2, 0) is 0 Å². The van der Waals surface area contributed by atoms with Crippen LogP contribution in [0.1, 0.15) is 13.8 Å². The lowest BCUT2D eigenvalue weighted by Gasteiger charge is -2.23. The first-order valence-electron chi connectivity index (χ1n) is 4.16. The van der Waals surface area contributed by atoms with Crippen LogP contribution in [0.2, 0.25) is 0 Å². The highest BCUT2D eigenvalue weighted by Gasteiger charge is 2.09. The minimum Gasteiger partial charge on any atom is -0.397 e. The van der Waals surface area contributed by atoms with Crippen LogP contribution in [0.4, 0.5) is 11.5 Å². The average molecular weight is 244 g/mol. The van der Waals surface area contributed by atoms with Gasteiger partial charge in [0.25, 0.3) is 0 Å². The Morgan fingerprint density at radius 2 is 2.15 bits per heavy atom. The molecule has 2 N–H and O–H groups in total. The van der Waals surface area contributed by atoms with Gasteiger partial charge in [0.2, 0.25) is 0 Å². The highest BCUT2D eigenvalue weighted by atomic mass is 79.9. The maximum absolute atomic E-state index is 5.59. The Morgan fingerprint density at radius 3 is 2.62 bits per heavy atom. The van der Waals surface area contributed by atoms with E-state index < -0.39 is 0 Å². The molecule has 0 amide bonds. The van der Waals surface area contributed by atoms with Crippen molar-refractivity contribution in [1.29, 1.82) is 0 Å². The van der Waals surface area contributed by atoms with Crippen LogP contribution in [0.25, 0.3) is 0 Å². The summed E-state index contributed by atoms with van der Waals surface area (Å²) in [5.41, 5.74) is 6.27. The highest BCUT2D eigenvalue weighted by molar-refractivity contribution is 9.10. The van der Waals surface area contributed by atoms with Crippen molar-refractivity contribution in [2.45, 2.75) is 19.9 Å². The Hall–Kier alpha value is -0.770.